The number of rotatable bonds is 3. The first-order valence-electron chi connectivity index (χ1n) is 6.47. The van der Waals surface area contributed by atoms with Crippen LogP contribution in [0.3, 0.4) is 0 Å². The monoisotopic (exact) mass is 275 g/mol. The van der Waals surface area contributed by atoms with Crippen molar-refractivity contribution < 1.29 is 19.4 Å². The fourth-order valence-electron chi connectivity index (χ4n) is 2.40. The highest BCUT2D eigenvalue weighted by atomic mass is 16.5. The molecule has 0 aliphatic carbocycles. The van der Waals surface area contributed by atoms with Crippen LogP contribution in [0.1, 0.15) is 30.0 Å². The predicted octanol–water partition coefficient (Wildman–Crippen LogP) is 2.69. The first kappa shape index (κ1) is 14.1. The molecule has 0 saturated carbocycles. The van der Waals surface area contributed by atoms with E-state index in [2.05, 4.69) is 4.74 Å². The molecule has 5 nitrogen and oxygen atoms in total. The molecule has 106 valence electrons. The van der Waals surface area contributed by atoms with Crippen molar-refractivity contribution in [2.45, 2.75) is 18.9 Å². The highest BCUT2D eigenvalue weighted by molar-refractivity contribution is 5.86. The Hall–Kier alpha value is -2.30. The van der Waals surface area contributed by atoms with Crippen molar-refractivity contribution in [3.05, 3.63) is 41.5 Å². The van der Waals surface area contributed by atoms with Crippen LogP contribution in [0.2, 0.25) is 0 Å². The van der Waals surface area contributed by atoms with Gasteiger partial charge >= 0.3 is 12.1 Å². The number of likely N-dealkylation sites (tertiary alicyclic amines) is 1. The van der Waals surface area contributed by atoms with E-state index in [0.717, 1.165) is 24.0 Å². The molecule has 1 N–H and O–H groups in total. The molecular formula is C15H17NO4. The molecule has 0 radical (unpaired) electrons. The van der Waals surface area contributed by atoms with Crippen molar-refractivity contribution in [2.75, 3.05) is 13.7 Å². The lowest BCUT2D eigenvalue weighted by atomic mass is 10.0. The van der Waals surface area contributed by atoms with Gasteiger partial charge in [-0.1, -0.05) is 24.3 Å². The summed E-state index contributed by atoms with van der Waals surface area (Å²) in [6.07, 6.45) is 3.89. The first-order chi connectivity index (χ1) is 9.61. The van der Waals surface area contributed by atoms with Crippen molar-refractivity contribution in [1.29, 1.82) is 0 Å². The highest BCUT2D eigenvalue weighted by Gasteiger charge is 2.29. The van der Waals surface area contributed by atoms with E-state index < -0.39 is 12.1 Å². The van der Waals surface area contributed by atoms with Crippen molar-refractivity contribution in [2.24, 2.45) is 0 Å². The number of carbonyl (C=O) groups is 2. The molecule has 0 spiro atoms. The average Bonchev–Trinajstić information content (AvgIpc) is 2.95. The molecule has 0 aromatic heterocycles. The molecule has 1 fully saturated rings. The summed E-state index contributed by atoms with van der Waals surface area (Å²) in [4.78, 5) is 23.6. The van der Waals surface area contributed by atoms with Crippen molar-refractivity contribution in [3.63, 3.8) is 0 Å². The van der Waals surface area contributed by atoms with Gasteiger partial charge in [0.1, 0.15) is 0 Å². The number of ether oxygens (including phenoxy) is 1. The SMILES string of the molecule is COC(=O)/C=C/c1ccc([C@@H]2CCCN2C(=O)O)cc1. The van der Waals surface area contributed by atoms with Gasteiger partial charge < -0.3 is 14.7 Å². The number of amides is 1. The van der Waals surface area contributed by atoms with E-state index in [1.54, 1.807) is 6.08 Å². The van der Waals surface area contributed by atoms with Crippen LogP contribution >= 0.6 is 0 Å². The zero-order valence-corrected chi connectivity index (χ0v) is 11.3. The first-order valence-corrected chi connectivity index (χ1v) is 6.47. The lowest BCUT2D eigenvalue weighted by Gasteiger charge is -2.21. The van der Waals surface area contributed by atoms with Gasteiger partial charge in [0.25, 0.3) is 0 Å². The topological polar surface area (TPSA) is 66.8 Å². The van der Waals surface area contributed by atoms with Crippen LogP contribution in [0.4, 0.5) is 4.79 Å². The summed E-state index contributed by atoms with van der Waals surface area (Å²) in [6.45, 7) is 0.587. The molecule has 0 bridgehead atoms. The van der Waals surface area contributed by atoms with Gasteiger partial charge in [-0.2, -0.15) is 0 Å². The fourth-order valence-corrected chi connectivity index (χ4v) is 2.40. The smallest absolute Gasteiger partial charge is 0.407 e. The summed E-state index contributed by atoms with van der Waals surface area (Å²) < 4.78 is 4.52. The number of hydrogen-bond acceptors (Lipinski definition) is 3. The number of hydrogen-bond donors (Lipinski definition) is 1. The Morgan fingerprint density at radius 3 is 2.65 bits per heavy atom. The standard InChI is InChI=1S/C15H17NO4/c1-20-14(17)9-6-11-4-7-12(8-5-11)13-3-2-10-16(13)15(18)19/h4-9,13H,2-3,10H2,1H3,(H,18,19)/b9-6+/t13-/m0/s1. The summed E-state index contributed by atoms with van der Waals surface area (Å²) in [6, 6.07) is 7.48. The summed E-state index contributed by atoms with van der Waals surface area (Å²) in [5, 5.41) is 9.14. The zero-order chi connectivity index (χ0) is 14.5. The van der Waals surface area contributed by atoms with Gasteiger partial charge in [-0.05, 0) is 30.0 Å². The number of nitrogens with zero attached hydrogens (tertiary/aromatic N) is 1. The minimum Gasteiger partial charge on any atom is -0.466 e. The summed E-state index contributed by atoms with van der Waals surface area (Å²) >= 11 is 0. The van der Waals surface area contributed by atoms with E-state index in [9.17, 15) is 9.59 Å². The quantitative estimate of drug-likeness (QED) is 0.680. The van der Waals surface area contributed by atoms with Crippen molar-refractivity contribution >= 4 is 18.1 Å². The van der Waals surface area contributed by atoms with E-state index in [0.29, 0.717) is 6.54 Å². The summed E-state index contributed by atoms with van der Waals surface area (Å²) in [5.41, 5.74) is 1.86. The molecular weight excluding hydrogens is 258 g/mol. The van der Waals surface area contributed by atoms with Crippen LogP contribution in [0.25, 0.3) is 6.08 Å². The van der Waals surface area contributed by atoms with Gasteiger partial charge in [0, 0.05) is 12.6 Å². The second-order valence-electron chi connectivity index (χ2n) is 4.66. The lowest BCUT2D eigenvalue weighted by molar-refractivity contribution is -0.134. The normalized spacial score (nSPS) is 18.4. The molecule has 1 aliphatic rings. The number of esters is 1. The van der Waals surface area contributed by atoms with Gasteiger partial charge in [-0.15, -0.1) is 0 Å². The van der Waals surface area contributed by atoms with Crippen molar-refractivity contribution in [1.82, 2.24) is 4.90 Å². The second kappa shape index (κ2) is 6.23. The van der Waals surface area contributed by atoms with Crippen LogP contribution < -0.4 is 0 Å². The van der Waals surface area contributed by atoms with Gasteiger partial charge in [0.2, 0.25) is 0 Å². The Morgan fingerprint density at radius 2 is 2.05 bits per heavy atom. The van der Waals surface area contributed by atoms with E-state index in [4.69, 9.17) is 5.11 Å². The van der Waals surface area contributed by atoms with Gasteiger partial charge in [0.05, 0.1) is 13.2 Å². The second-order valence-corrected chi connectivity index (χ2v) is 4.66. The maximum Gasteiger partial charge on any atom is 0.407 e. The van der Waals surface area contributed by atoms with Crippen LogP contribution in [-0.4, -0.2) is 35.7 Å². The Labute approximate surface area is 117 Å². The predicted molar refractivity (Wildman–Crippen MR) is 74.2 cm³/mol. The molecule has 1 aromatic rings. The highest BCUT2D eigenvalue weighted by Crippen LogP contribution is 2.31. The zero-order valence-electron chi connectivity index (χ0n) is 11.3. The Bertz CT molecular complexity index is 521. The largest absolute Gasteiger partial charge is 0.466 e. The summed E-state index contributed by atoms with van der Waals surface area (Å²) in [7, 11) is 1.33. The molecule has 1 aromatic carbocycles. The lowest BCUT2D eigenvalue weighted by Crippen LogP contribution is -2.28. The van der Waals surface area contributed by atoms with E-state index in [-0.39, 0.29) is 6.04 Å². The fraction of sp³-hybridized carbons (Fsp3) is 0.333. The maximum absolute atomic E-state index is 11.1. The third-order valence-electron chi connectivity index (χ3n) is 3.43. The van der Waals surface area contributed by atoms with Crippen LogP contribution in [0.15, 0.2) is 30.3 Å². The Kier molecular flexibility index (Phi) is 4.40. The van der Waals surface area contributed by atoms with E-state index in [1.165, 1.54) is 18.1 Å². The van der Waals surface area contributed by atoms with Gasteiger partial charge in [0.15, 0.2) is 0 Å². The number of benzene rings is 1. The molecule has 1 saturated heterocycles. The average molecular weight is 275 g/mol. The van der Waals surface area contributed by atoms with Crippen LogP contribution in [-0.2, 0) is 9.53 Å². The number of methoxy groups -OCH3 is 1. The number of carboxylic acid groups (broad SMARTS) is 1. The maximum atomic E-state index is 11.1. The number of carbonyl (C=O) groups excluding carboxylic acids is 1. The Morgan fingerprint density at radius 1 is 1.35 bits per heavy atom. The molecule has 5 heteroatoms. The third-order valence-corrected chi connectivity index (χ3v) is 3.43. The van der Waals surface area contributed by atoms with Gasteiger partial charge in [-0.25, -0.2) is 9.59 Å². The molecule has 2 rings (SSSR count). The molecule has 0 unspecified atom stereocenters. The minimum atomic E-state index is -0.873. The molecule has 1 aliphatic heterocycles. The van der Waals surface area contributed by atoms with Crippen LogP contribution in [0.5, 0.6) is 0 Å². The van der Waals surface area contributed by atoms with Crippen LogP contribution in [0, 0.1) is 0 Å². The molecule has 1 heterocycles. The Balaban J connectivity index is 2.10. The third kappa shape index (κ3) is 3.17. The minimum absolute atomic E-state index is 0.0638. The van der Waals surface area contributed by atoms with E-state index in [1.807, 2.05) is 24.3 Å². The van der Waals surface area contributed by atoms with E-state index >= 15 is 0 Å². The summed E-state index contributed by atoms with van der Waals surface area (Å²) in [5.74, 6) is -0.401. The molecule has 20 heavy (non-hydrogen) atoms. The van der Waals surface area contributed by atoms with Crippen molar-refractivity contribution in [3.8, 4) is 0 Å². The van der Waals surface area contributed by atoms with Gasteiger partial charge in [-0.3, -0.25) is 0 Å². The molecule has 1 amide bonds. The molecule has 1 atom stereocenters.